The fourth-order valence-corrected chi connectivity index (χ4v) is 2.76. The van der Waals surface area contributed by atoms with Crippen LogP contribution >= 0.6 is 22.3 Å². The van der Waals surface area contributed by atoms with Crippen LogP contribution in [0.25, 0.3) is 0 Å². The zero-order chi connectivity index (χ0) is 10.8. The van der Waals surface area contributed by atoms with Crippen molar-refractivity contribution in [2.75, 3.05) is 5.75 Å². The molecule has 78 valence electrons. The lowest BCUT2D eigenvalue weighted by Crippen LogP contribution is -2.06. The van der Waals surface area contributed by atoms with E-state index in [-0.39, 0.29) is 11.7 Å². The van der Waals surface area contributed by atoms with E-state index in [0.29, 0.717) is 5.02 Å². The predicted molar refractivity (Wildman–Crippen MR) is 59.5 cm³/mol. The molecule has 0 aliphatic rings. The van der Waals surface area contributed by atoms with E-state index in [2.05, 4.69) is 0 Å². The molecule has 0 aromatic heterocycles. The molecule has 1 rings (SSSR count). The molecule has 2 nitrogen and oxygen atoms in total. The average Bonchev–Trinajstić information content (AvgIpc) is 2.01. The Labute approximate surface area is 93.3 Å². The molecule has 0 heterocycles. The molecule has 5 heteroatoms. The molecule has 0 saturated heterocycles. The van der Waals surface area contributed by atoms with Crippen molar-refractivity contribution < 1.29 is 8.42 Å². The van der Waals surface area contributed by atoms with Crippen molar-refractivity contribution in [2.45, 2.75) is 12.8 Å². The third kappa shape index (κ3) is 3.86. The van der Waals surface area contributed by atoms with Gasteiger partial charge < -0.3 is 0 Å². The SMILES string of the molecule is CC(CS(=O)(=O)Cl)c1cccc(Cl)c1. The highest BCUT2D eigenvalue weighted by Gasteiger charge is 2.14. The summed E-state index contributed by atoms with van der Waals surface area (Å²) in [4.78, 5) is 0. The van der Waals surface area contributed by atoms with Gasteiger partial charge in [0.05, 0.1) is 5.75 Å². The monoisotopic (exact) mass is 252 g/mol. The summed E-state index contributed by atoms with van der Waals surface area (Å²) in [6, 6.07) is 7.11. The molecule has 0 spiro atoms. The van der Waals surface area contributed by atoms with Crippen LogP contribution < -0.4 is 0 Å². The van der Waals surface area contributed by atoms with Crippen LogP contribution in [0.2, 0.25) is 5.02 Å². The minimum atomic E-state index is -3.46. The summed E-state index contributed by atoms with van der Waals surface area (Å²) in [5.74, 6) is -0.217. The lowest BCUT2D eigenvalue weighted by atomic mass is 10.0. The topological polar surface area (TPSA) is 34.1 Å². The summed E-state index contributed by atoms with van der Waals surface area (Å²) in [5.41, 5.74) is 0.877. The number of rotatable bonds is 3. The Morgan fingerprint density at radius 1 is 1.43 bits per heavy atom. The van der Waals surface area contributed by atoms with E-state index in [4.69, 9.17) is 22.3 Å². The molecule has 0 bridgehead atoms. The summed E-state index contributed by atoms with van der Waals surface area (Å²) < 4.78 is 21.7. The van der Waals surface area contributed by atoms with Gasteiger partial charge in [0, 0.05) is 15.7 Å². The average molecular weight is 253 g/mol. The largest absolute Gasteiger partial charge is 0.233 e. The second-order valence-electron chi connectivity index (χ2n) is 3.16. The zero-order valence-electron chi connectivity index (χ0n) is 7.57. The molecule has 0 fully saturated rings. The third-order valence-corrected chi connectivity index (χ3v) is 3.38. The lowest BCUT2D eigenvalue weighted by molar-refractivity contribution is 0.604. The second kappa shape index (κ2) is 4.51. The van der Waals surface area contributed by atoms with Crippen molar-refractivity contribution in [1.29, 1.82) is 0 Å². The van der Waals surface area contributed by atoms with Crippen molar-refractivity contribution >= 4 is 31.3 Å². The number of hydrogen-bond acceptors (Lipinski definition) is 2. The lowest BCUT2D eigenvalue weighted by Gasteiger charge is -2.09. The van der Waals surface area contributed by atoms with E-state index in [1.165, 1.54) is 0 Å². The van der Waals surface area contributed by atoms with Gasteiger partial charge in [-0.15, -0.1) is 0 Å². The first-order valence-corrected chi connectivity index (χ1v) is 6.92. The Hall–Kier alpha value is -0.250. The van der Waals surface area contributed by atoms with E-state index in [0.717, 1.165) is 5.56 Å². The highest BCUT2D eigenvalue weighted by molar-refractivity contribution is 8.13. The minimum absolute atomic E-state index is 0.0745. The van der Waals surface area contributed by atoms with Crippen LogP contribution in [0, 0.1) is 0 Å². The van der Waals surface area contributed by atoms with Crippen LogP contribution in [-0.2, 0) is 9.05 Å². The quantitative estimate of drug-likeness (QED) is 0.776. The van der Waals surface area contributed by atoms with Gasteiger partial charge >= 0.3 is 0 Å². The molecule has 0 saturated carbocycles. The summed E-state index contributed by atoms with van der Waals surface area (Å²) in [6.07, 6.45) is 0. The van der Waals surface area contributed by atoms with Crippen molar-refractivity contribution in [3.63, 3.8) is 0 Å². The van der Waals surface area contributed by atoms with Crippen molar-refractivity contribution in [1.82, 2.24) is 0 Å². The Bertz CT molecular complexity index is 415. The smallest absolute Gasteiger partial charge is 0.212 e. The van der Waals surface area contributed by atoms with Crippen molar-refractivity contribution in [3.8, 4) is 0 Å². The minimum Gasteiger partial charge on any atom is -0.212 e. The molecule has 0 N–H and O–H groups in total. The first kappa shape index (κ1) is 11.8. The molecular weight excluding hydrogens is 243 g/mol. The van der Waals surface area contributed by atoms with Gasteiger partial charge in [-0.2, -0.15) is 0 Å². The van der Waals surface area contributed by atoms with Gasteiger partial charge in [0.15, 0.2) is 0 Å². The zero-order valence-corrected chi connectivity index (χ0v) is 9.90. The van der Waals surface area contributed by atoms with Crippen LogP contribution in [0.5, 0.6) is 0 Å². The van der Waals surface area contributed by atoms with E-state index >= 15 is 0 Å². The van der Waals surface area contributed by atoms with Gasteiger partial charge in [-0.25, -0.2) is 8.42 Å². The van der Waals surface area contributed by atoms with Crippen LogP contribution in [0.3, 0.4) is 0 Å². The summed E-state index contributed by atoms with van der Waals surface area (Å²) >= 11 is 5.78. The summed E-state index contributed by atoms with van der Waals surface area (Å²) in [7, 11) is 1.70. The van der Waals surface area contributed by atoms with Crippen molar-refractivity contribution in [3.05, 3.63) is 34.9 Å². The molecule has 1 unspecified atom stereocenters. The first-order chi connectivity index (χ1) is 6.38. The van der Waals surface area contributed by atoms with Gasteiger partial charge in [0.1, 0.15) is 0 Å². The molecule has 0 aliphatic heterocycles. The first-order valence-electron chi connectivity index (χ1n) is 4.06. The summed E-state index contributed by atoms with van der Waals surface area (Å²) in [5, 5.41) is 0.598. The van der Waals surface area contributed by atoms with Crippen LogP contribution in [0.1, 0.15) is 18.4 Å². The molecule has 14 heavy (non-hydrogen) atoms. The van der Waals surface area contributed by atoms with Gasteiger partial charge in [-0.3, -0.25) is 0 Å². The molecule has 0 radical (unpaired) electrons. The maximum atomic E-state index is 10.8. The molecular formula is C9H10Cl2O2S. The van der Waals surface area contributed by atoms with E-state index in [1.54, 1.807) is 25.1 Å². The maximum Gasteiger partial charge on any atom is 0.233 e. The Kier molecular flexibility index (Phi) is 3.81. The number of benzene rings is 1. The van der Waals surface area contributed by atoms with Crippen LogP contribution in [0.4, 0.5) is 0 Å². The normalized spacial score (nSPS) is 13.9. The van der Waals surface area contributed by atoms with Gasteiger partial charge in [-0.05, 0) is 23.6 Å². The fraction of sp³-hybridized carbons (Fsp3) is 0.333. The van der Waals surface area contributed by atoms with Gasteiger partial charge in [-0.1, -0.05) is 30.7 Å². The number of hydrogen-bond donors (Lipinski definition) is 0. The molecule has 0 amide bonds. The van der Waals surface area contributed by atoms with Crippen LogP contribution in [0.15, 0.2) is 24.3 Å². The van der Waals surface area contributed by atoms with Crippen molar-refractivity contribution in [2.24, 2.45) is 0 Å². The Balaban J connectivity index is 2.85. The van der Waals surface area contributed by atoms with E-state index in [1.807, 2.05) is 6.07 Å². The second-order valence-corrected chi connectivity index (χ2v) is 6.42. The fourth-order valence-electron chi connectivity index (χ4n) is 1.21. The third-order valence-electron chi connectivity index (χ3n) is 1.87. The standard InChI is InChI=1S/C9H10Cl2O2S/c1-7(6-14(11,12)13)8-3-2-4-9(10)5-8/h2-5,7H,6H2,1H3. The molecule has 0 aliphatic carbocycles. The van der Waals surface area contributed by atoms with Gasteiger partial charge in [0.25, 0.3) is 0 Å². The Morgan fingerprint density at radius 2 is 2.07 bits per heavy atom. The highest BCUT2D eigenvalue weighted by Crippen LogP contribution is 2.21. The maximum absolute atomic E-state index is 10.8. The predicted octanol–water partition coefficient (Wildman–Crippen LogP) is 3.01. The highest BCUT2D eigenvalue weighted by atomic mass is 35.7. The van der Waals surface area contributed by atoms with Gasteiger partial charge in [0.2, 0.25) is 9.05 Å². The molecule has 1 aromatic rings. The molecule has 1 aromatic carbocycles. The Morgan fingerprint density at radius 3 is 2.57 bits per heavy atom. The molecule has 1 atom stereocenters. The van der Waals surface area contributed by atoms with E-state index in [9.17, 15) is 8.42 Å². The summed E-state index contributed by atoms with van der Waals surface area (Å²) in [6.45, 7) is 1.80. The van der Waals surface area contributed by atoms with Crippen LogP contribution in [-0.4, -0.2) is 14.2 Å². The number of halogens is 2. The van der Waals surface area contributed by atoms with E-state index < -0.39 is 9.05 Å².